The fourth-order valence-corrected chi connectivity index (χ4v) is 3.40. The van der Waals surface area contributed by atoms with Gasteiger partial charge in [0, 0.05) is 24.2 Å². The van der Waals surface area contributed by atoms with E-state index in [1.54, 1.807) is 0 Å². The molecule has 0 fully saturated rings. The molecule has 0 aliphatic heterocycles. The predicted molar refractivity (Wildman–Crippen MR) is 102 cm³/mol. The zero-order valence-electron chi connectivity index (χ0n) is 15.3. The third-order valence-electron chi connectivity index (χ3n) is 4.19. The van der Waals surface area contributed by atoms with Crippen LogP contribution in [0.1, 0.15) is 5.56 Å². The van der Waals surface area contributed by atoms with Gasteiger partial charge in [0.05, 0.1) is 11.3 Å². The minimum absolute atomic E-state index is 0.122. The number of halogens is 3. The lowest BCUT2D eigenvalue weighted by atomic mass is 10.1. The predicted octanol–water partition coefficient (Wildman–Crippen LogP) is 2.86. The van der Waals surface area contributed by atoms with Gasteiger partial charge in [0.2, 0.25) is 20.8 Å². The van der Waals surface area contributed by atoms with E-state index < -0.39 is 26.7 Å². The Labute approximate surface area is 168 Å². The van der Waals surface area contributed by atoms with Crippen molar-refractivity contribution in [2.75, 3.05) is 12.0 Å². The van der Waals surface area contributed by atoms with Crippen LogP contribution in [0.3, 0.4) is 0 Å². The number of hydrogen-bond donors (Lipinski definition) is 1. The number of nitrogens with two attached hydrogens (primary N) is 1. The van der Waals surface area contributed by atoms with Gasteiger partial charge in [0.25, 0.3) is 0 Å². The van der Waals surface area contributed by atoms with Crippen molar-refractivity contribution < 1.29 is 21.6 Å². The number of benzene rings is 1. The Hall–Kier alpha value is -3.54. The van der Waals surface area contributed by atoms with E-state index in [0.717, 1.165) is 18.4 Å². The highest BCUT2D eigenvalue weighted by molar-refractivity contribution is 7.90. The first-order chi connectivity index (χ1) is 14.0. The number of imidazole rings is 1. The summed E-state index contributed by atoms with van der Waals surface area (Å²) in [5.41, 5.74) is 5.55. The Morgan fingerprint density at radius 1 is 1.07 bits per heavy atom. The highest BCUT2D eigenvalue weighted by Gasteiger charge is 2.31. The monoisotopic (exact) mass is 434 g/mol. The van der Waals surface area contributed by atoms with Crippen molar-refractivity contribution in [2.45, 2.75) is 11.3 Å². The molecule has 0 radical (unpaired) electrons. The lowest BCUT2D eigenvalue weighted by molar-refractivity contribution is -0.137. The van der Waals surface area contributed by atoms with E-state index in [4.69, 9.17) is 5.73 Å². The van der Waals surface area contributed by atoms with Crippen LogP contribution in [0, 0.1) is 0 Å². The van der Waals surface area contributed by atoms with Gasteiger partial charge in [0.1, 0.15) is 17.2 Å². The number of fused-ring (bicyclic) bond motifs is 1. The summed E-state index contributed by atoms with van der Waals surface area (Å²) in [6, 6.07) is 7.53. The number of nitrogen functional groups attached to an aromatic ring is 1. The van der Waals surface area contributed by atoms with Crippen molar-refractivity contribution >= 4 is 21.4 Å². The summed E-state index contributed by atoms with van der Waals surface area (Å²) in [5.74, 6) is 0.283. The second kappa shape index (κ2) is 6.76. The number of hydrogen-bond acceptors (Lipinski definition) is 7. The first-order valence-electron chi connectivity index (χ1n) is 8.40. The second-order valence-electron chi connectivity index (χ2n) is 6.41. The van der Waals surface area contributed by atoms with E-state index in [2.05, 4.69) is 19.9 Å². The van der Waals surface area contributed by atoms with E-state index >= 15 is 0 Å². The van der Waals surface area contributed by atoms with Crippen LogP contribution in [0.25, 0.3) is 28.4 Å². The molecule has 0 atom stereocenters. The normalized spacial score (nSPS) is 12.4. The van der Waals surface area contributed by atoms with Crippen LogP contribution in [0.4, 0.5) is 19.0 Å². The van der Waals surface area contributed by atoms with Gasteiger partial charge in [-0.15, -0.1) is 0 Å². The molecule has 0 unspecified atom stereocenters. The van der Waals surface area contributed by atoms with Gasteiger partial charge >= 0.3 is 6.18 Å². The molecule has 0 aliphatic rings. The molecule has 12 heteroatoms. The van der Waals surface area contributed by atoms with Crippen LogP contribution in [0.2, 0.25) is 0 Å². The SMILES string of the molecule is CS(=O)(=O)c1nccc(-c2c(-c3cccc(C(F)(F)F)c3)nc3nc(N)ccn23)n1. The van der Waals surface area contributed by atoms with Gasteiger partial charge in [-0.3, -0.25) is 4.40 Å². The molecular formula is C18H13F3N6O2S. The van der Waals surface area contributed by atoms with E-state index in [0.29, 0.717) is 0 Å². The summed E-state index contributed by atoms with van der Waals surface area (Å²) < 4.78 is 64.8. The Morgan fingerprint density at radius 2 is 1.83 bits per heavy atom. The zero-order valence-corrected chi connectivity index (χ0v) is 16.1. The smallest absolute Gasteiger partial charge is 0.384 e. The molecule has 2 N–H and O–H groups in total. The summed E-state index contributed by atoms with van der Waals surface area (Å²) in [6.45, 7) is 0. The lowest BCUT2D eigenvalue weighted by Gasteiger charge is -2.09. The third kappa shape index (κ3) is 3.56. The molecule has 0 amide bonds. The fourth-order valence-electron chi connectivity index (χ4n) is 2.88. The Morgan fingerprint density at radius 3 is 2.53 bits per heavy atom. The molecule has 30 heavy (non-hydrogen) atoms. The van der Waals surface area contributed by atoms with Gasteiger partial charge < -0.3 is 5.73 Å². The number of nitrogens with zero attached hydrogens (tertiary/aromatic N) is 5. The first-order valence-corrected chi connectivity index (χ1v) is 10.3. The Bertz CT molecular complexity index is 1380. The summed E-state index contributed by atoms with van der Waals surface area (Å²) >= 11 is 0. The molecule has 0 spiro atoms. The molecule has 4 aromatic rings. The molecule has 8 nitrogen and oxygen atoms in total. The maximum atomic E-state index is 13.2. The Kier molecular flexibility index (Phi) is 4.45. The second-order valence-corrected chi connectivity index (χ2v) is 8.32. The average Bonchev–Trinajstić information content (AvgIpc) is 3.05. The maximum Gasteiger partial charge on any atom is 0.416 e. The molecule has 154 valence electrons. The van der Waals surface area contributed by atoms with Crippen LogP contribution in [-0.2, 0) is 16.0 Å². The number of sulfone groups is 1. The molecule has 0 aliphatic carbocycles. The van der Waals surface area contributed by atoms with Crippen LogP contribution in [0.15, 0.2) is 53.9 Å². The molecular weight excluding hydrogens is 421 g/mol. The minimum atomic E-state index is -4.55. The van der Waals surface area contributed by atoms with Crippen molar-refractivity contribution in [1.29, 1.82) is 0 Å². The van der Waals surface area contributed by atoms with Crippen LogP contribution >= 0.6 is 0 Å². The highest BCUT2D eigenvalue weighted by Crippen LogP contribution is 2.36. The summed E-state index contributed by atoms with van der Waals surface area (Å²) in [6.07, 6.45) is -0.814. The van der Waals surface area contributed by atoms with Gasteiger partial charge in [-0.2, -0.15) is 18.2 Å². The van der Waals surface area contributed by atoms with Crippen LogP contribution in [-0.4, -0.2) is 39.0 Å². The largest absolute Gasteiger partial charge is 0.416 e. The average molecular weight is 434 g/mol. The standard InChI is InChI=1S/C18H13F3N6O2S/c1-30(28,29)17-23-7-5-12(24-17)15-14(26-16-25-13(22)6-8-27(15)16)10-3-2-4-11(9-10)18(19,20)21/h2-9H,1H3,(H2,22,25,26). The van der Waals surface area contributed by atoms with Gasteiger partial charge in [-0.1, -0.05) is 12.1 Å². The van der Waals surface area contributed by atoms with Gasteiger partial charge in [-0.05, 0) is 24.3 Å². The quantitative estimate of drug-likeness (QED) is 0.493. The van der Waals surface area contributed by atoms with E-state index in [9.17, 15) is 21.6 Å². The molecule has 0 saturated carbocycles. The van der Waals surface area contributed by atoms with Crippen molar-refractivity contribution in [3.63, 3.8) is 0 Å². The highest BCUT2D eigenvalue weighted by atomic mass is 32.2. The first kappa shape index (κ1) is 19.8. The van der Waals surface area contributed by atoms with Crippen molar-refractivity contribution in [1.82, 2.24) is 24.3 Å². The maximum absolute atomic E-state index is 13.2. The number of aromatic nitrogens is 5. The number of anilines is 1. The molecule has 3 heterocycles. The fraction of sp³-hybridized carbons (Fsp3) is 0.111. The number of rotatable bonds is 3. The van der Waals surface area contributed by atoms with Crippen molar-refractivity contribution in [2.24, 2.45) is 0 Å². The van der Waals surface area contributed by atoms with Gasteiger partial charge in [-0.25, -0.2) is 23.4 Å². The topological polar surface area (TPSA) is 116 Å². The van der Waals surface area contributed by atoms with Crippen LogP contribution in [0.5, 0.6) is 0 Å². The van der Waals surface area contributed by atoms with Crippen molar-refractivity contribution in [3.05, 3.63) is 54.4 Å². The third-order valence-corrected chi connectivity index (χ3v) is 5.05. The molecule has 1 aromatic carbocycles. The number of alkyl halides is 3. The van der Waals surface area contributed by atoms with Crippen molar-refractivity contribution in [3.8, 4) is 22.6 Å². The van der Waals surface area contributed by atoms with Crippen LogP contribution < -0.4 is 5.73 Å². The van der Waals surface area contributed by atoms with E-state index in [1.165, 1.54) is 41.1 Å². The molecule has 0 bridgehead atoms. The van der Waals surface area contributed by atoms with E-state index in [1.807, 2.05) is 0 Å². The Balaban J connectivity index is 2.03. The summed E-state index contributed by atoms with van der Waals surface area (Å²) in [5, 5.41) is -0.423. The lowest BCUT2D eigenvalue weighted by Crippen LogP contribution is -2.06. The summed E-state index contributed by atoms with van der Waals surface area (Å²) in [7, 11) is -3.72. The minimum Gasteiger partial charge on any atom is -0.384 e. The molecule has 4 rings (SSSR count). The molecule has 0 saturated heterocycles. The zero-order chi connectivity index (χ0) is 21.7. The molecule has 3 aromatic heterocycles. The van der Waals surface area contributed by atoms with Gasteiger partial charge in [0.15, 0.2) is 0 Å². The summed E-state index contributed by atoms with van der Waals surface area (Å²) in [4.78, 5) is 16.3. The van der Waals surface area contributed by atoms with E-state index in [-0.39, 0.29) is 34.2 Å².